The van der Waals surface area contributed by atoms with Crippen LogP contribution in [0.4, 0.5) is 11.6 Å². The summed E-state index contributed by atoms with van der Waals surface area (Å²) in [6.07, 6.45) is 0. The normalized spacial score (nSPS) is 15.0. The van der Waals surface area contributed by atoms with Crippen molar-refractivity contribution in [3.8, 4) is 5.75 Å². The van der Waals surface area contributed by atoms with E-state index in [1.165, 1.54) is 11.3 Å². The van der Waals surface area contributed by atoms with Gasteiger partial charge in [0.05, 0.1) is 12.6 Å². The third kappa shape index (κ3) is 2.84. The van der Waals surface area contributed by atoms with Crippen molar-refractivity contribution >= 4 is 33.2 Å². The Morgan fingerprint density at radius 3 is 2.64 bits per heavy atom. The van der Waals surface area contributed by atoms with E-state index in [9.17, 15) is 4.79 Å². The van der Waals surface area contributed by atoms with Crippen molar-refractivity contribution in [1.82, 2.24) is 9.55 Å². The van der Waals surface area contributed by atoms with Crippen LogP contribution in [0.1, 0.15) is 0 Å². The van der Waals surface area contributed by atoms with Gasteiger partial charge in [0.25, 0.3) is 5.56 Å². The van der Waals surface area contributed by atoms with Gasteiger partial charge < -0.3 is 14.5 Å². The highest BCUT2D eigenvalue weighted by molar-refractivity contribution is 7.17. The standard InChI is InChI=1S/C18H20N4O2S/c1-20-17(23)16-15(6-11-25-16)19-18(20)22-9-7-21(8-10-22)13-4-3-5-14(12-13)24-2/h3-6,11-12H,7-10H2,1-2H3. The van der Waals surface area contributed by atoms with Gasteiger partial charge in [-0.1, -0.05) is 6.07 Å². The van der Waals surface area contributed by atoms with Gasteiger partial charge in [0.15, 0.2) is 0 Å². The Labute approximate surface area is 149 Å². The van der Waals surface area contributed by atoms with Gasteiger partial charge in [0.2, 0.25) is 5.95 Å². The zero-order chi connectivity index (χ0) is 17.4. The fraction of sp³-hybridized carbons (Fsp3) is 0.333. The van der Waals surface area contributed by atoms with Gasteiger partial charge >= 0.3 is 0 Å². The molecule has 0 radical (unpaired) electrons. The van der Waals surface area contributed by atoms with E-state index in [4.69, 9.17) is 9.72 Å². The molecule has 1 fully saturated rings. The molecular formula is C18H20N4O2S. The first-order chi connectivity index (χ1) is 12.2. The summed E-state index contributed by atoms with van der Waals surface area (Å²) in [5.41, 5.74) is 1.98. The van der Waals surface area contributed by atoms with E-state index >= 15 is 0 Å². The number of methoxy groups -OCH3 is 1. The second kappa shape index (κ2) is 6.40. The number of piperazine rings is 1. The number of anilines is 2. The molecule has 1 aromatic carbocycles. The lowest BCUT2D eigenvalue weighted by Gasteiger charge is -2.37. The Bertz CT molecular complexity index is 957. The number of aromatic nitrogens is 2. The van der Waals surface area contributed by atoms with Gasteiger partial charge in [0, 0.05) is 45.0 Å². The molecule has 0 spiro atoms. The molecule has 3 aromatic rings. The van der Waals surface area contributed by atoms with Crippen molar-refractivity contribution in [1.29, 1.82) is 0 Å². The maximum atomic E-state index is 12.5. The fourth-order valence-corrected chi connectivity index (χ4v) is 4.04. The highest BCUT2D eigenvalue weighted by atomic mass is 32.1. The molecule has 25 heavy (non-hydrogen) atoms. The molecule has 1 saturated heterocycles. The fourth-order valence-electron chi connectivity index (χ4n) is 3.23. The predicted octanol–water partition coefficient (Wildman–Crippen LogP) is 2.33. The van der Waals surface area contributed by atoms with Crippen molar-refractivity contribution in [2.24, 2.45) is 7.05 Å². The summed E-state index contributed by atoms with van der Waals surface area (Å²) in [5, 5.41) is 1.92. The summed E-state index contributed by atoms with van der Waals surface area (Å²) in [7, 11) is 3.49. The van der Waals surface area contributed by atoms with Crippen LogP contribution in [0.2, 0.25) is 0 Å². The Morgan fingerprint density at radius 1 is 1.12 bits per heavy atom. The summed E-state index contributed by atoms with van der Waals surface area (Å²) in [6, 6.07) is 10.0. The van der Waals surface area contributed by atoms with Crippen LogP contribution in [0.25, 0.3) is 10.2 Å². The highest BCUT2D eigenvalue weighted by Crippen LogP contribution is 2.24. The van der Waals surface area contributed by atoms with Crippen LogP contribution in [0.3, 0.4) is 0 Å². The van der Waals surface area contributed by atoms with Gasteiger partial charge in [-0.15, -0.1) is 11.3 Å². The van der Waals surface area contributed by atoms with E-state index in [0.29, 0.717) is 0 Å². The number of hydrogen-bond donors (Lipinski definition) is 0. The van der Waals surface area contributed by atoms with Gasteiger partial charge in [-0.3, -0.25) is 9.36 Å². The van der Waals surface area contributed by atoms with Gasteiger partial charge in [-0.2, -0.15) is 0 Å². The van der Waals surface area contributed by atoms with Crippen molar-refractivity contribution in [3.63, 3.8) is 0 Å². The number of benzene rings is 1. The molecule has 0 atom stereocenters. The van der Waals surface area contributed by atoms with Gasteiger partial charge in [0.1, 0.15) is 10.4 Å². The molecule has 130 valence electrons. The quantitative estimate of drug-likeness (QED) is 0.721. The molecule has 1 aliphatic rings. The Hall–Kier alpha value is -2.54. The van der Waals surface area contributed by atoms with Crippen molar-refractivity contribution in [3.05, 3.63) is 46.1 Å². The van der Waals surface area contributed by atoms with E-state index in [1.807, 2.05) is 23.6 Å². The molecule has 0 N–H and O–H groups in total. The minimum absolute atomic E-state index is 0.0326. The van der Waals surface area contributed by atoms with E-state index in [-0.39, 0.29) is 5.56 Å². The zero-order valence-electron chi connectivity index (χ0n) is 14.3. The number of fused-ring (bicyclic) bond motifs is 1. The Kier molecular flexibility index (Phi) is 4.09. The lowest BCUT2D eigenvalue weighted by atomic mass is 10.2. The van der Waals surface area contributed by atoms with Gasteiger partial charge in [-0.05, 0) is 23.6 Å². The molecule has 0 unspecified atom stereocenters. The number of hydrogen-bond acceptors (Lipinski definition) is 6. The predicted molar refractivity (Wildman–Crippen MR) is 102 cm³/mol. The maximum absolute atomic E-state index is 12.5. The third-order valence-electron chi connectivity index (χ3n) is 4.64. The average Bonchev–Trinajstić information content (AvgIpc) is 3.14. The van der Waals surface area contributed by atoms with Crippen LogP contribution in [0, 0.1) is 0 Å². The molecule has 1 aliphatic heterocycles. The van der Waals surface area contributed by atoms with Crippen LogP contribution in [-0.2, 0) is 7.05 Å². The van der Waals surface area contributed by atoms with Crippen LogP contribution < -0.4 is 20.1 Å². The average molecular weight is 356 g/mol. The second-order valence-electron chi connectivity index (χ2n) is 6.09. The van der Waals surface area contributed by atoms with Crippen LogP contribution >= 0.6 is 11.3 Å². The molecule has 0 bridgehead atoms. The van der Waals surface area contributed by atoms with Crippen LogP contribution in [0.5, 0.6) is 5.75 Å². The lowest BCUT2D eigenvalue weighted by molar-refractivity contribution is 0.414. The number of ether oxygens (including phenoxy) is 1. The maximum Gasteiger partial charge on any atom is 0.272 e. The molecule has 4 rings (SSSR count). The highest BCUT2D eigenvalue weighted by Gasteiger charge is 2.21. The molecule has 3 heterocycles. The molecular weight excluding hydrogens is 336 g/mol. The van der Waals surface area contributed by atoms with Gasteiger partial charge in [-0.25, -0.2) is 4.98 Å². The topological polar surface area (TPSA) is 50.6 Å². The second-order valence-corrected chi connectivity index (χ2v) is 7.00. The lowest BCUT2D eigenvalue weighted by Crippen LogP contribution is -2.48. The monoisotopic (exact) mass is 356 g/mol. The third-order valence-corrected chi connectivity index (χ3v) is 5.54. The van der Waals surface area contributed by atoms with Crippen LogP contribution in [0.15, 0.2) is 40.5 Å². The van der Waals surface area contributed by atoms with Crippen molar-refractivity contribution in [2.75, 3.05) is 43.1 Å². The Balaban J connectivity index is 1.56. The van der Waals surface area contributed by atoms with E-state index in [2.05, 4.69) is 21.9 Å². The smallest absolute Gasteiger partial charge is 0.272 e. The summed E-state index contributed by atoms with van der Waals surface area (Å²) in [5.74, 6) is 1.62. The van der Waals surface area contributed by atoms with Crippen molar-refractivity contribution in [2.45, 2.75) is 0 Å². The minimum Gasteiger partial charge on any atom is -0.497 e. The molecule has 0 aliphatic carbocycles. The number of rotatable bonds is 3. The Morgan fingerprint density at radius 2 is 1.88 bits per heavy atom. The van der Waals surface area contributed by atoms with E-state index in [0.717, 1.165) is 53.8 Å². The molecule has 0 saturated carbocycles. The van der Waals surface area contributed by atoms with Crippen LogP contribution in [-0.4, -0.2) is 42.8 Å². The molecule has 0 amide bonds. The summed E-state index contributed by atoms with van der Waals surface area (Å²) < 4.78 is 7.70. The first-order valence-electron chi connectivity index (χ1n) is 8.25. The zero-order valence-corrected chi connectivity index (χ0v) is 15.1. The summed E-state index contributed by atoms with van der Waals surface area (Å²) >= 11 is 1.45. The minimum atomic E-state index is 0.0326. The molecule has 2 aromatic heterocycles. The first-order valence-corrected chi connectivity index (χ1v) is 9.13. The SMILES string of the molecule is COc1cccc(N2CCN(c3nc4ccsc4c(=O)n3C)CC2)c1. The molecule has 7 heteroatoms. The largest absolute Gasteiger partial charge is 0.497 e. The van der Waals surface area contributed by atoms with E-state index < -0.39 is 0 Å². The molecule has 6 nitrogen and oxygen atoms in total. The first kappa shape index (κ1) is 16.0. The number of thiophene rings is 1. The van der Waals surface area contributed by atoms with E-state index in [1.54, 1.807) is 18.7 Å². The summed E-state index contributed by atoms with van der Waals surface area (Å²) in [6.45, 7) is 3.41. The summed E-state index contributed by atoms with van der Waals surface area (Å²) in [4.78, 5) is 21.7. The van der Waals surface area contributed by atoms with Crippen molar-refractivity contribution < 1.29 is 4.74 Å². The number of nitrogens with zero attached hydrogens (tertiary/aromatic N) is 4.